The van der Waals surface area contributed by atoms with Gasteiger partial charge in [-0.2, -0.15) is 4.31 Å². The molecule has 2 aliphatic heterocycles. The summed E-state index contributed by atoms with van der Waals surface area (Å²) in [4.78, 5) is 38.6. The van der Waals surface area contributed by atoms with Crippen molar-refractivity contribution in [2.75, 3.05) is 37.6 Å². The molecule has 11 heteroatoms. The minimum Gasteiger partial charge on any atom is -0.337 e. The monoisotopic (exact) mass is 484 g/mol. The van der Waals surface area contributed by atoms with E-state index in [1.807, 2.05) is 24.3 Å². The van der Waals surface area contributed by atoms with Crippen molar-refractivity contribution in [1.82, 2.24) is 9.21 Å². The summed E-state index contributed by atoms with van der Waals surface area (Å²) < 4.78 is 26.9. The number of hydrogen-bond donors (Lipinski definition) is 0. The Hall–Kier alpha value is -3.57. The van der Waals surface area contributed by atoms with Gasteiger partial charge < -0.3 is 9.80 Å². The van der Waals surface area contributed by atoms with E-state index in [1.54, 1.807) is 4.90 Å². The first kappa shape index (κ1) is 23.6. The van der Waals surface area contributed by atoms with E-state index < -0.39 is 14.9 Å². The number of nitro benzene ring substituents is 1. The predicted octanol–water partition coefficient (Wildman–Crippen LogP) is 1.96. The molecule has 2 aliphatic rings. The molecule has 34 heavy (non-hydrogen) atoms. The SMILES string of the molecule is O=C(/C=C/C(=O)N1CCCc2ccccc21)N1CCN(S(=O)(=O)c2cccc([N+](=O)[O-])c2)CC1. The zero-order chi connectivity index (χ0) is 24.3. The number of nitro groups is 1. The molecule has 2 aromatic rings. The van der Waals surface area contributed by atoms with Crippen molar-refractivity contribution in [2.45, 2.75) is 17.7 Å². The van der Waals surface area contributed by atoms with Gasteiger partial charge in [-0.25, -0.2) is 8.42 Å². The average molecular weight is 485 g/mol. The number of anilines is 1. The summed E-state index contributed by atoms with van der Waals surface area (Å²) in [6, 6.07) is 12.6. The predicted molar refractivity (Wildman–Crippen MR) is 125 cm³/mol. The molecule has 2 aromatic carbocycles. The Balaban J connectivity index is 1.37. The van der Waals surface area contributed by atoms with Crippen molar-refractivity contribution in [3.63, 3.8) is 0 Å². The van der Waals surface area contributed by atoms with Gasteiger partial charge in [0.15, 0.2) is 0 Å². The lowest BCUT2D eigenvalue weighted by molar-refractivity contribution is -0.385. The molecular formula is C23H24N4O6S. The van der Waals surface area contributed by atoms with Gasteiger partial charge in [-0.3, -0.25) is 19.7 Å². The molecule has 1 fully saturated rings. The molecule has 2 amide bonds. The highest BCUT2D eigenvalue weighted by molar-refractivity contribution is 7.89. The number of fused-ring (bicyclic) bond motifs is 1. The standard InChI is InChI=1S/C23H24N4O6S/c28-22(10-11-23(29)26-12-4-6-18-5-1-2-9-21(18)26)24-13-15-25(16-14-24)34(32,33)20-8-3-7-19(17-20)27(30)31/h1-3,5,7-11,17H,4,6,12-16H2/b11-10+. The number of piperazine rings is 1. The summed E-state index contributed by atoms with van der Waals surface area (Å²) in [7, 11) is -3.92. The molecule has 0 atom stereocenters. The van der Waals surface area contributed by atoms with Gasteiger partial charge in [0.05, 0.1) is 9.82 Å². The first-order chi connectivity index (χ1) is 16.3. The van der Waals surface area contributed by atoms with E-state index in [0.29, 0.717) is 6.54 Å². The van der Waals surface area contributed by atoms with Gasteiger partial charge in [-0.1, -0.05) is 24.3 Å². The first-order valence-corrected chi connectivity index (χ1v) is 12.3. The third kappa shape index (κ3) is 4.85. The number of carbonyl (C=O) groups is 2. The fourth-order valence-corrected chi connectivity index (χ4v) is 5.62. The molecule has 178 valence electrons. The molecule has 0 spiro atoms. The van der Waals surface area contributed by atoms with Crippen molar-refractivity contribution in [2.24, 2.45) is 0 Å². The number of para-hydroxylation sites is 1. The van der Waals surface area contributed by atoms with Crippen molar-refractivity contribution in [3.8, 4) is 0 Å². The van der Waals surface area contributed by atoms with Gasteiger partial charge in [0.2, 0.25) is 15.9 Å². The van der Waals surface area contributed by atoms with E-state index in [2.05, 4.69) is 0 Å². The third-order valence-electron chi connectivity index (χ3n) is 5.96. The van der Waals surface area contributed by atoms with Crippen LogP contribution in [0.15, 0.2) is 65.6 Å². The van der Waals surface area contributed by atoms with Gasteiger partial charge in [0.25, 0.3) is 11.6 Å². The van der Waals surface area contributed by atoms with Crippen LogP contribution in [-0.2, 0) is 26.0 Å². The Morgan fingerprint density at radius 1 is 0.912 bits per heavy atom. The summed E-state index contributed by atoms with van der Waals surface area (Å²) in [6.45, 7) is 0.995. The number of hydrogen-bond acceptors (Lipinski definition) is 6. The lowest BCUT2D eigenvalue weighted by Gasteiger charge is -2.33. The number of sulfonamides is 1. The van der Waals surface area contributed by atoms with E-state index in [9.17, 15) is 28.1 Å². The van der Waals surface area contributed by atoms with E-state index in [0.717, 1.165) is 30.2 Å². The van der Waals surface area contributed by atoms with Crippen LogP contribution in [0.5, 0.6) is 0 Å². The second-order valence-corrected chi connectivity index (χ2v) is 9.98. The lowest BCUT2D eigenvalue weighted by Crippen LogP contribution is -2.50. The van der Waals surface area contributed by atoms with Crippen LogP contribution in [0.25, 0.3) is 0 Å². The van der Waals surface area contributed by atoms with E-state index in [4.69, 9.17) is 0 Å². The highest BCUT2D eigenvalue weighted by Crippen LogP contribution is 2.27. The highest BCUT2D eigenvalue weighted by atomic mass is 32.2. The lowest BCUT2D eigenvalue weighted by atomic mass is 10.0. The van der Waals surface area contributed by atoms with E-state index in [1.165, 1.54) is 39.6 Å². The minimum absolute atomic E-state index is 0.0536. The number of benzene rings is 2. The molecule has 0 aliphatic carbocycles. The molecule has 10 nitrogen and oxygen atoms in total. The van der Waals surface area contributed by atoms with Crippen LogP contribution in [0.1, 0.15) is 12.0 Å². The molecule has 0 N–H and O–H groups in total. The Morgan fingerprint density at radius 3 is 2.35 bits per heavy atom. The molecule has 0 saturated carbocycles. The van der Waals surface area contributed by atoms with Gasteiger partial charge >= 0.3 is 0 Å². The maximum atomic E-state index is 12.9. The van der Waals surface area contributed by atoms with Crippen molar-refractivity contribution in [3.05, 3.63) is 76.4 Å². The molecule has 0 unspecified atom stereocenters. The van der Waals surface area contributed by atoms with Crippen molar-refractivity contribution >= 4 is 33.2 Å². The molecule has 1 saturated heterocycles. The van der Waals surface area contributed by atoms with Gasteiger partial charge in [0.1, 0.15) is 0 Å². The summed E-state index contributed by atoms with van der Waals surface area (Å²) in [5.41, 5.74) is 1.65. The van der Waals surface area contributed by atoms with Crippen LogP contribution in [0.3, 0.4) is 0 Å². The highest BCUT2D eigenvalue weighted by Gasteiger charge is 2.30. The number of nitrogens with zero attached hydrogens (tertiary/aromatic N) is 4. The first-order valence-electron chi connectivity index (χ1n) is 10.9. The molecule has 0 radical (unpaired) electrons. The molecule has 2 heterocycles. The Bertz CT molecular complexity index is 1250. The molecule has 0 aromatic heterocycles. The van der Waals surface area contributed by atoms with Crippen LogP contribution >= 0.6 is 0 Å². The molecular weight excluding hydrogens is 460 g/mol. The summed E-state index contributed by atoms with van der Waals surface area (Å²) in [6.07, 6.45) is 4.25. The number of non-ortho nitro benzene ring substituents is 1. The Labute approximate surface area is 197 Å². The third-order valence-corrected chi connectivity index (χ3v) is 7.86. The summed E-state index contributed by atoms with van der Waals surface area (Å²) >= 11 is 0. The normalized spacial score (nSPS) is 16.9. The fourth-order valence-electron chi connectivity index (χ4n) is 4.16. The smallest absolute Gasteiger partial charge is 0.270 e. The number of aryl methyl sites for hydroxylation is 1. The average Bonchev–Trinajstić information content (AvgIpc) is 2.86. The van der Waals surface area contributed by atoms with Crippen LogP contribution < -0.4 is 4.90 Å². The molecule has 4 rings (SSSR count). The summed E-state index contributed by atoms with van der Waals surface area (Å²) in [5, 5.41) is 11.0. The maximum absolute atomic E-state index is 12.9. The van der Waals surface area contributed by atoms with E-state index >= 15 is 0 Å². The molecule has 0 bridgehead atoms. The minimum atomic E-state index is -3.92. The number of carbonyl (C=O) groups excluding carboxylic acids is 2. The second kappa shape index (κ2) is 9.74. The van der Waals surface area contributed by atoms with Gasteiger partial charge in [-0.05, 0) is 30.5 Å². The van der Waals surface area contributed by atoms with Crippen LogP contribution in [0.2, 0.25) is 0 Å². The fraction of sp³-hybridized carbons (Fsp3) is 0.304. The largest absolute Gasteiger partial charge is 0.337 e. The maximum Gasteiger partial charge on any atom is 0.270 e. The second-order valence-electron chi connectivity index (χ2n) is 8.04. The van der Waals surface area contributed by atoms with Crippen LogP contribution in [0, 0.1) is 10.1 Å². The van der Waals surface area contributed by atoms with Gasteiger partial charge in [0, 0.05) is 62.7 Å². The quantitative estimate of drug-likeness (QED) is 0.363. The van der Waals surface area contributed by atoms with Gasteiger partial charge in [-0.15, -0.1) is 0 Å². The Kier molecular flexibility index (Phi) is 6.75. The number of rotatable bonds is 5. The topological polar surface area (TPSA) is 121 Å². The zero-order valence-corrected chi connectivity index (χ0v) is 19.2. The van der Waals surface area contributed by atoms with Crippen LogP contribution in [0.4, 0.5) is 11.4 Å². The van der Waals surface area contributed by atoms with Crippen molar-refractivity contribution < 1.29 is 22.9 Å². The number of amides is 2. The zero-order valence-electron chi connectivity index (χ0n) is 18.4. The van der Waals surface area contributed by atoms with Crippen LogP contribution in [-0.4, -0.2) is 67.1 Å². The summed E-state index contributed by atoms with van der Waals surface area (Å²) in [5.74, 6) is -0.640. The van der Waals surface area contributed by atoms with E-state index in [-0.39, 0.29) is 48.6 Å². The van der Waals surface area contributed by atoms with Crippen molar-refractivity contribution in [1.29, 1.82) is 0 Å². The Morgan fingerprint density at radius 2 is 1.62 bits per heavy atom.